The molecule has 9 nitrogen and oxygen atoms in total. The maximum absolute atomic E-state index is 13.8. The van der Waals surface area contributed by atoms with E-state index in [1.165, 1.54) is 21.3 Å². The Labute approximate surface area is 204 Å². The van der Waals surface area contributed by atoms with Gasteiger partial charge in [0.2, 0.25) is 17.6 Å². The molecular weight excluding hydrogens is 450 g/mol. The summed E-state index contributed by atoms with van der Waals surface area (Å²) >= 11 is 0. The molecule has 9 heteroatoms. The number of aromatic nitrogens is 1. The third-order valence-corrected chi connectivity index (χ3v) is 6.27. The summed E-state index contributed by atoms with van der Waals surface area (Å²) < 4.78 is 21.6. The van der Waals surface area contributed by atoms with Gasteiger partial charge in [0.05, 0.1) is 45.2 Å². The van der Waals surface area contributed by atoms with Gasteiger partial charge in [0, 0.05) is 36.3 Å². The number of methoxy groups -OCH3 is 3. The normalized spacial score (nSPS) is 15.3. The molecule has 4 rings (SSSR count). The lowest BCUT2D eigenvalue weighted by Gasteiger charge is -2.26. The van der Waals surface area contributed by atoms with Crippen LogP contribution in [-0.4, -0.2) is 44.8 Å². The molecule has 2 heterocycles. The highest BCUT2D eigenvalue weighted by molar-refractivity contribution is 6.04. The van der Waals surface area contributed by atoms with Gasteiger partial charge in [0.1, 0.15) is 5.76 Å². The summed E-state index contributed by atoms with van der Waals surface area (Å²) in [6.45, 7) is 4.22. The van der Waals surface area contributed by atoms with Crippen molar-refractivity contribution in [3.05, 3.63) is 59.5 Å². The lowest BCUT2D eigenvalue weighted by molar-refractivity contribution is -0.124. The maximum atomic E-state index is 13.8. The zero-order valence-electron chi connectivity index (χ0n) is 20.5. The number of hydrogen-bond acceptors (Lipinski definition) is 7. The molecule has 3 aromatic rings. The first kappa shape index (κ1) is 24.1. The van der Waals surface area contributed by atoms with Crippen molar-refractivity contribution in [2.75, 3.05) is 37.7 Å². The number of amides is 2. The van der Waals surface area contributed by atoms with Crippen LogP contribution in [0.2, 0.25) is 0 Å². The highest BCUT2D eigenvalue weighted by Crippen LogP contribution is 2.42. The first-order chi connectivity index (χ1) is 16.9. The van der Waals surface area contributed by atoms with Gasteiger partial charge in [0.15, 0.2) is 11.5 Å². The molecule has 1 saturated heterocycles. The number of anilines is 2. The van der Waals surface area contributed by atoms with Gasteiger partial charge in [-0.05, 0) is 26.0 Å². The molecule has 2 aromatic carbocycles. The smallest absolute Gasteiger partial charge is 0.232 e. The van der Waals surface area contributed by atoms with Gasteiger partial charge < -0.3 is 28.5 Å². The summed E-state index contributed by atoms with van der Waals surface area (Å²) in [5.41, 5.74) is 2.92. The number of rotatable bonds is 8. The summed E-state index contributed by atoms with van der Waals surface area (Å²) in [4.78, 5) is 30.1. The zero-order chi connectivity index (χ0) is 25.1. The van der Waals surface area contributed by atoms with Gasteiger partial charge in [-0.25, -0.2) is 0 Å². The molecule has 35 heavy (non-hydrogen) atoms. The molecule has 0 N–H and O–H groups in total. The van der Waals surface area contributed by atoms with E-state index >= 15 is 0 Å². The largest absolute Gasteiger partial charge is 0.493 e. The van der Waals surface area contributed by atoms with Gasteiger partial charge in [-0.15, -0.1) is 0 Å². The Balaban J connectivity index is 1.63. The molecule has 0 saturated carbocycles. The molecule has 0 aliphatic carbocycles. The highest BCUT2D eigenvalue weighted by atomic mass is 16.5. The summed E-state index contributed by atoms with van der Waals surface area (Å²) in [5, 5.41) is 4.02. The topological polar surface area (TPSA) is 94.3 Å². The standard InChI is InChI=1S/C26H29N3O6/c1-16-21(17(2)35-27-16)15-29(19-9-7-6-8-10-19)26(31)18-11-24(30)28(14-18)20-12-22(32-3)25(34-5)23(13-20)33-4/h6-10,12-13,18H,11,14-15H2,1-5H3/t18-/m1/s1. The SMILES string of the molecule is COc1cc(N2C[C@H](C(=O)N(Cc3c(C)noc3C)c3ccccc3)CC2=O)cc(OC)c1OC. The van der Waals surface area contributed by atoms with Crippen molar-refractivity contribution in [1.82, 2.24) is 5.16 Å². The van der Waals surface area contributed by atoms with Crippen molar-refractivity contribution >= 4 is 23.2 Å². The lowest BCUT2D eigenvalue weighted by Crippen LogP contribution is -2.37. The predicted octanol–water partition coefficient (Wildman–Crippen LogP) is 3.90. The number of carbonyl (C=O) groups excluding carboxylic acids is 2. The van der Waals surface area contributed by atoms with E-state index in [1.807, 2.05) is 44.2 Å². The van der Waals surface area contributed by atoms with E-state index in [1.54, 1.807) is 21.9 Å². The Morgan fingerprint density at radius 1 is 1.09 bits per heavy atom. The van der Waals surface area contributed by atoms with E-state index in [0.29, 0.717) is 35.2 Å². The van der Waals surface area contributed by atoms with Crippen LogP contribution in [0.25, 0.3) is 0 Å². The van der Waals surface area contributed by atoms with Crippen molar-refractivity contribution in [1.29, 1.82) is 0 Å². The molecular formula is C26H29N3O6. The summed E-state index contributed by atoms with van der Waals surface area (Å²) in [6, 6.07) is 12.8. The van der Waals surface area contributed by atoms with Crippen molar-refractivity contribution in [2.45, 2.75) is 26.8 Å². The van der Waals surface area contributed by atoms with E-state index in [-0.39, 0.29) is 24.8 Å². The molecule has 0 spiro atoms. The van der Waals surface area contributed by atoms with Crippen LogP contribution in [0.3, 0.4) is 0 Å². The minimum absolute atomic E-state index is 0.0976. The van der Waals surface area contributed by atoms with Gasteiger partial charge >= 0.3 is 0 Å². The second-order valence-corrected chi connectivity index (χ2v) is 8.35. The first-order valence-corrected chi connectivity index (χ1v) is 11.3. The average Bonchev–Trinajstić information content (AvgIpc) is 3.42. The molecule has 0 bridgehead atoms. The maximum Gasteiger partial charge on any atom is 0.232 e. The Hall–Kier alpha value is -4.01. The van der Waals surface area contributed by atoms with Crippen LogP contribution in [-0.2, 0) is 16.1 Å². The highest BCUT2D eigenvalue weighted by Gasteiger charge is 2.38. The van der Waals surface area contributed by atoms with Gasteiger partial charge in [-0.2, -0.15) is 0 Å². The predicted molar refractivity (Wildman–Crippen MR) is 130 cm³/mol. The fourth-order valence-corrected chi connectivity index (χ4v) is 4.36. The van der Waals surface area contributed by atoms with Crippen molar-refractivity contribution < 1.29 is 28.3 Å². The van der Waals surface area contributed by atoms with Crippen molar-refractivity contribution in [3.8, 4) is 17.2 Å². The van der Waals surface area contributed by atoms with Gasteiger partial charge in [-0.1, -0.05) is 23.4 Å². The van der Waals surface area contributed by atoms with Crippen molar-refractivity contribution in [3.63, 3.8) is 0 Å². The lowest BCUT2D eigenvalue weighted by atomic mass is 10.1. The Kier molecular flexibility index (Phi) is 6.95. The van der Waals surface area contributed by atoms with E-state index in [4.69, 9.17) is 18.7 Å². The molecule has 0 radical (unpaired) electrons. The van der Waals surface area contributed by atoms with Crippen LogP contribution in [0.15, 0.2) is 47.0 Å². The molecule has 0 unspecified atom stereocenters. The van der Waals surface area contributed by atoms with Gasteiger partial charge in [-0.3, -0.25) is 9.59 Å². The molecule has 2 amide bonds. The summed E-state index contributed by atoms with van der Waals surface area (Å²) in [7, 11) is 4.56. The number of nitrogens with zero attached hydrogens (tertiary/aromatic N) is 3. The Morgan fingerprint density at radius 3 is 2.29 bits per heavy atom. The van der Waals surface area contributed by atoms with Crippen LogP contribution < -0.4 is 24.0 Å². The van der Waals surface area contributed by atoms with Crippen LogP contribution >= 0.6 is 0 Å². The molecule has 1 fully saturated rings. The van der Waals surface area contributed by atoms with Crippen LogP contribution in [0.4, 0.5) is 11.4 Å². The molecule has 1 aliphatic heterocycles. The number of para-hydroxylation sites is 1. The van der Waals surface area contributed by atoms with Crippen LogP contribution in [0.5, 0.6) is 17.2 Å². The number of aryl methyl sites for hydroxylation is 2. The molecule has 1 atom stereocenters. The minimum atomic E-state index is -0.526. The molecule has 1 aliphatic rings. The quantitative estimate of drug-likeness (QED) is 0.484. The number of hydrogen-bond donors (Lipinski definition) is 0. The molecule has 1 aromatic heterocycles. The first-order valence-electron chi connectivity index (χ1n) is 11.3. The van der Waals surface area contributed by atoms with Crippen LogP contribution in [0, 0.1) is 19.8 Å². The van der Waals surface area contributed by atoms with E-state index in [2.05, 4.69) is 5.16 Å². The third kappa shape index (κ3) is 4.66. The minimum Gasteiger partial charge on any atom is -0.493 e. The fourth-order valence-electron chi connectivity index (χ4n) is 4.36. The van der Waals surface area contributed by atoms with Crippen LogP contribution in [0.1, 0.15) is 23.4 Å². The number of ether oxygens (including phenoxy) is 3. The Morgan fingerprint density at radius 2 is 1.74 bits per heavy atom. The zero-order valence-corrected chi connectivity index (χ0v) is 20.5. The Bertz CT molecular complexity index is 1180. The number of benzene rings is 2. The monoisotopic (exact) mass is 479 g/mol. The summed E-state index contributed by atoms with van der Waals surface area (Å²) in [6.07, 6.45) is 0.0976. The number of carbonyl (C=O) groups is 2. The van der Waals surface area contributed by atoms with E-state index < -0.39 is 5.92 Å². The average molecular weight is 480 g/mol. The van der Waals surface area contributed by atoms with E-state index in [0.717, 1.165) is 16.9 Å². The molecule has 184 valence electrons. The summed E-state index contributed by atoms with van der Waals surface area (Å²) in [5.74, 6) is 1.16. The fraction of sp³-hybridized carbons (Fsp3) is 0.346. The van der Waals surface area contributed by atoms with Crippen molar-refractivity contribution in [2.24, 2.45) is 5.92 Å². The second-order valence-electron chi connectivity index (χ2n) is 8.35. The van der Waals surface area contributed by atoms with E-state index in [9.17, 15) is 9.59 Å². The van der Waals surface area contributed by atoms with Gasteiger partial charge in [0.25, 0.3) is 0 Å². The third-order valence-electron chi connectivity index (χ3n) is 6.27. The second kappa shape index (κ2) is 10.1.